The zero-order valence-electron chi connectivity index (χ0n) is 8.27. The number of hydrogen-bond acceptors (Lipinski definition) is 5. The lowest BCUT2D eigenvalue weighted by Crippen LogP contribution is -2.37. The van der Waals surface area contributed by atoms with Crippen molar-refractivity contribution in [1.29, 1.82) is 5.26 Å². The quantitative estimate of drug-likeness (QED) is 0.362. The second-order valence-electron chi connectivity index (χ2n) is 2.96. The summed E-state index contributed by atoms with van der Waals surface area (Å²) in [6.07, 6.45) is 2.28. The Balaban J connectivity index is 5.03. The summed E-state index contributed by atoms with van der Waals surface area (Å²) in [6, 6.07) is 1.65. The van der Waals surface area contributed by atoms with Gasteiger partial charge in [0.2, 0.25) is 12.1 Å². The first kappa shape index (κ1) is 12.3. The first-order valence-electron chi connectivity index (χ1n) is 3.96. The van der Waals surface area contributed by atoms with Crippen molar-refractivity contribution in [2.75, 3.05) is 7.11 Å². The lowest BCUT2D eigenvalue weighted by Gasteiger charge is -2.18. The third-order valence-electron chi connectivity index (χ3n) is 1.87. The van der Waals surface area contributed by atoms with Crippen molar-refractivity contribution in [3.63, 3.8) is 0 Å². The molecule has 1 unspecified atom stereocenters. The molecule has 1 radical (unpaired) electrons. The third kappa shape index (κ3) is 2.16. The number of Topliss-reactive ketones (excluding diaryl/α,β-unsaturated/α-hetero) is 1. The Morgan fingerprint density at radius 1 is 1.64 bits per heavy atom. The van der Waals surface area contributed by atoms with E-state index in [1.165, 1.54) is 13.4 Å². The van der Waals surface area contributed by atoms with Crippen LogP contribution in [0.25, 0.3) is 0 Å². The van der Waals surface area contributed by atoms with Gasteiger partial charge in [-0.05, 0) is 5.92 Å². The molecule has 0 bridgehead atoms. The van der Waals surface area contributed by atoms with Gasteiger partial charge in [-0.25, -0.2) is 0 Å². The molecule has 75 valence electrons. The molecule has 0 amide bonds. The number of rotatable bonds is 5. The van der Waals surface area contributed by atoms with Crippen molar-refractivity contribution in [1.82, 2.24) is 0 Å². The summed E-state index contributed by atoms with van der Waals surface area (Å²) in [5, 5.41) is 12.0. The molecule has 0 aromatic heterocycles. The van der Waals surface area contributed by atoms with Gasteiger partial charge in [0.1, 0.15) is 13.3 Å². The van der Waals surface area contributed by atoms with Gasteiger partial charge < -0.3 is 4.84 Å². The van der Waals surface area contributed by atoms with E-state index in [1.54, 1.807) is 19.9 Å². The van der Waals surface area contributed by atoms with Crippen molar-refractivity contribution in [3.8, 4) is 6.07 Å². The molecule has 5 nitrogen and oxygen atoms in total. The summed E-state index contributed by atoms with van der Waals surface area (Å²) in [4.78, 5) is 26.3. The molecule has 5 heteroatoms. The molecule has 0 spiro atoms. The largest absolute Gasteiger partial charge is 0.399 e. The monoisotopic (exact) mass is 195 g/mol. The molecule has 0 rings (SSSR count). The fraction of sp³-hybridized carbons (Fsp3) is 0.556. The van der Waals surface area contributed by atoms with E-state index >= 15 is 0 Å². The molecule has 0 aromatic rings. The van der Waals surface area contributed by atoms with Crippen LogP contribution in [-0.2, 0) is 14.4 Å². The number of carbonyl (C=O) groups is 1. The molecule has 0 aliphatic heterocycles. The highest BCUT2D eigenvalue weighted by atomic mass is 16.6. The summed E-state index contributed by atoms with van der Waals surface area (Å²) in [7, 11) is 1.26. The predicted octanol–water partition coefficient (Wildman–Crippen LogP) is 0.463. The second kappa shape index (κ2) is 5.12. The van der Waals surface area contributed by atoms with Crippen molar-refractivity contribution < 1.29 is 14.4 Å². The van der Waals surface area contributed by atoms with E-state index in [2.05, 4.69) is 9.99 Å². The van der Waals surface area contributed by atoms with Gasteiger partial charge in [-0.15, -0.1) is 0 Å². The molecule has 0 fully saturated rings. The highest BCUT2D eigenvalue weighted by Gasteiger charge is 2.42. The number of nitrogens with zero attached hydrogens (tertiary/aromatic N) is 2. The Hall–Kier alpha value is -1.70. The fourth-order valence-corrected chi connectivity index (χ4v) is 0.862. The lowest BCUT2D eigenvalue weighted by atomic mass is 9.76. The first-order valence-corrected chi connectivity index (χ1v) is 3.96. The third-order valence-corrected chi connectivity index (χ3v) is 1.87. The van der Waals surface area contributed by atoms with Gasteiger partial charge >= 0.3 is 0 Å². The SMILES string of the molecule is CO/N=C/C(=O)C([C]=O)(C#N)C(C)C. The minimum absolute atomic E-state index is 0.458. The molecule has 0 saturated heterocycles. The molecular formula is C9H11N2O3. The summed E-state index contributed by atoms with van der Waals surface area (Å²) >= 11 is 0. The molecule has 0 saturated carbocycles. The molecular weight excluding hydrogens is 184 g/mol. The number of hydrogen-bond donors (Lipinski definition) is 0. The Morgan fingerprint density at radius 2 is 2.21 bits per heavy atom. The van der Waals surface area contributed by atoms with Crippen molar-refractivity contribution >= 4 is 18.3 Å². The summed E-state index contributed by atoms with van der Waals surface area (Å²) in [5.41, 5.74) is -1.78. The van der Waals surface area contributed by atoms with Gasteiger partial charge in [0.05, 0.1) is 6.07 Å². The Morgan fingerprint density at radius 3 is 2.50 bits per heavy atom. The van der Waals surface area contributed by atoms with E-state index in [0.717, 1.165) is 6.21 Å². The van der Waals surface area contributed by atoms with E-state index < -0.39 is 17.1 Å². The molecule has 0 heterocycles. The molecule has 14 heavy (non-hydrogen) atoms. The average molecular weight is 195 g/mol. The van der Waals surface area contributed by atoms with E-state index in [9.17, 15) is 9.59 Å². The summed E-state index contributed by atoms with van der Waals surface area (Å²) in [5.74, 6) is -1.17. The van der Waals surface area contributed by atoms with Crippen LogP contribution in [0.3, 0.4) is 0 Å². The van der Waals surface area contributed by atoms with Gasteiger partial charge in [-0.2, -0.15) is 5.26 Å². The number of nitriles is 1. The Kier molecular flexibility index (Phi) is 4.50. The number of oxime groups is 1. The second-order valence-corrected chi connectivity index (χ2v) is 2.96. The van der Waals surface area contributed by atoms with Gasteiger partial charge in [-0.1, -0.05) is 19.0 Å². The van der Waals surface area contributed by atoms with Crippen LogP contribution in [-0.4, -0.2) is 25.4 Å². The summed E-state index contributed by atoms with van der Waals surface area (Å²) < 4.78 is 0. The van der Waals surface area contributed by atoms with Crippen LogP contribution in [0, 0.1) is 22.7 Å². The van der Waals surface area contributed by atoms with Crippen LogP contribution < -0.4 is 0 Å². The molecule has 0 aliphatic rings. The minimum Gasteiger partial charge on any atom is -0.399 e. The van der Waals surface area contributed by atoms with Gasteiger partial charge in [0.15, 0.2) is 5.41 Å². The predicted molar refractivity (Wildman–Crippen MR) is 49.1 cm³/mol. The van der Waals surface area contributed by atoms with Gasteiger partial charge in [0, 0.05) is 0 Å². The fourth-order valence-electron chi connectivity index (χ4n) is 0.862. The van der Waals surface area contributed by atoms with Crippen LogP contribution in [0.4, 0.5) is 0 Å². The van der Waals surface area contributed by atoms with Crippen molar-refractivity contribution in [2.24, 2.45) is 16.5 Å². The van der Waals surface area contributed by atoms with Crippen LogP contribution >= 0.6 is 0 Å². The Labute approximate surface area is 82.3 Å². The van der Waals surface area contributed by atoms with Gasteiger partial charge in [-0.3, -0.25) is 9.59 Å². The number of carbonyl (C=O) groups excluding carboxylic acids is 2. The van der Waals surface area contributed by atoms with Crippen molar-refractivity contribution in [2.45, 2.75) is 13.8 Å². The maximum atomic E-state index is 11.4. The standard InChI is InChI=1S/C9H11N2O3/c1-7(2)9(5-10,6-12)8(13)4-11-14-3/h4,7H,1-3H3/b11-4+. The highest BCUT2D eigenvalue weighted by molar-refractivity contribution is 6.34. The zero-order chi connectivity index (χ0) is 11.2. The molecule has 0 aliphatic carbocycles. The maximum absolute atomic E-state index is 11.4. The minimum atomic E-state index is -1.78. The smallest absolute Gasteiger partial charge is 0.229 e. The lowest BCUT2D eigenvalue weighted by molar-refractivity contribution is -0.117. The van der Waals surface area contributed by atoms with Crippen LogP contribution in [0.2, 0.25) is 0 Å². The highest BCUT2D eigenvalue weighted by Crippen LogP contribution is 2.24. The van der Waals surface area contributed by atoms with Crippen LogP contribution in [0.1, 0.15) is 13.8 Å². The van der Waals surface area contributed by atoms with Gasteiger partial charge in [0.25, 0.3) is 0 Å². The summed E-state index contributed by atoms with van der Waals surface area (Å²) in [6.45, 7) is 3.18. The topological polar surface area (TPSA) is 79.5 Å². The van der Waals surface area contributed by atoms with E-state index in [0.29, 0.717) is 0 Å². The van der Waals surface area contributed by atoms with E-state index in [4.69, 9.17) is 5.26 Å². The number of ketones is 1. The van der Waals surface area contributed by atoms with Crippen LogP contribution in [0.5, 0.6) is 0 Å². The Bertz CT molecular complexity index is 291. The zero-order valence-corrected chi connectivity index (χ0v) is 8.27. The average Bonchev–Trinajstić information content (AvgIpc) is 2.17. The van der Waals surface area contributed by atoms with Crippen LogP contribution in [0.15, 0.2) is 5.16 Å². The van der Waals surface area contributed by atoms with E-state index in [1.807, 2.05) is 0 Å². The van der Waals surface area contributed by atoms with E-state index in [-0.39, 0.29) is 0 Å². The van der Waals surface area contributed by atoms with Crippen molar-refractivity contribution in [3.05, 3.63) is 0 Å². The molecule has 1 atom stereocenters. The molecule has 0 N–H and O–H groups in total. The first-order chi connectivity index (χ1) is 6.55. The normalized spacial score (nSPS) is 14.8. The maximum Gasteiger partial charge on any atom is 0.229 e. The molecule has 0 aromatic carbocycles.